The van der Waals surface area contributed by atoms with Crippen LogP contribution in [0, 0.1) is 0 Å². The number of aryl methyl sites for hydroxylation is 1. The second-order valence-corrected chi connectivity index (χ2v) is 7.76. The Hall–Kier alpha value is -4.02. The van der Waals surface area contributed by atoms with Gasteiger partial charge in [-0.15, -0.1) is 0 Å². The number of cyclic esters (lactones) is 1. The number of nitrogens with zero attached hydrogens (tertiary/aromatic N) is 3. The van der Waals surface area contributed by atoms with E-state index < -0.39 is 24.4 Å². The number of carbonyl (C=O) groups is 3. The zero-order valence-electron chi connectivity index (χ0n) is 18.0. The number of fused-ring (bicyclic) bond motifs is 1. The minimum Gasteiger partial charge on any atom is -0.481 e. The fourth-order valence-electron chi connectivity index (χ4n) is 3.77. The second-order valence-electron chi connectivity index (χ2n) is 7.76. The Morgan fingerprint density at radius 2 is 2.03 bits per heavy atom. The number of benzene rings is 2. The lowest BCUT2D eigenvalue weighted by molar-refractivity contribution is -0.137. The number of aromatic nitrogens is 2. The number of anilines is 2. The third-order valence-corrected chi connectivity index (χ3v) is 5.41. The number of amides is 2. The van der Waals surface area contributed by atoms with E-state index in [2.05, 4.69) is 10.3 Å². The van der Waals surface area contributed by atoms with Gasteiger partial charge in [-0.25, -0.2) is 18.6 Å². The highest BCUT2D eigenvalue weighted by Crippen LogP contribution is 2.28. The van der Waals surface area contributed by atoms with Gasteiger partial charge in [-0.05, 0) is 43.2 Å². The molecule has 0 spiro atoms. The van der Waals surface area contributed by atoms with Gasteiger partial charge in [0.25, 0.3) is 12.3 Å². The van der Waals surface area contributed by atoms with Crippen molar-refractivity contribution in [1.29, 1.82) is 0 Å². The molecule has 1 saturated heterocycles. The normalized spacial score (nSPS) is 13.9. The highest BCUT2D eigenvalue weighted by atomic mass is 19.3. The van der Waals surface area contributed by atoms with E-state index in [9.17, 15) is 23.2 Å². The highest BCUT2D eigenvalue weighted by molar-refractivity contribution is 6.04. The number of imidazole rings is 1. The van der Waals surface area contributed by atoms with Crippen molar-refractivity contribution in [2.45, 2.75) is 32.2 Å². The highest BCUT2D eigenvalue weighted by Gasteiger charge is 2.23. The smallest absolute Gasteiger partial charge is 0.414 e. The predicted octanol–water partition coefficient (Wildman–Crippen LogP) is 4.44. The first-order chi connectivity index (χ1) is 16.3. The van der Waals surface area contributed by atoms with Crippen LogP contribution in [0.2, 0.25) is 0 Å². The van der Waals surface area contributed by atoms with Crippen molar-refractivity contribution in [2.24, 2.45) is 0 Å². The molecule has 11 heteroatoms. The quantitative estimate of drug-likeness (QED) is 0.501. The van der Waals surface area contributed by atoms with E-state index in [4.69, 9.17) is 9.84 Å². The van der Waals surface area contributed by atoms with E-state index >= 15 is 0 Å². The van der Waals surface area contributed by atoms with Crippen LogP contribution in [0.15, 0.2) is 42.5 Å². The number of carboxylic acid groups (broad SMARTS) is 1. The summed E-state index contributed by atoms with van der Waals surface area (Å²) in [6, 6.07) is 10.3. The van der Waals surface area contributed by atoms with E-state index in [1.54, 1.807) is 22.8 Å². The Morgan fingerprint density at radius 3 is 2.76 bits per heavy atom. The predicted molar refractivity (Wildman–Crippen MR) is 119 cm³/mol. The molecule has 3 aromatic rings. The van der Waals surface area contributed by atoms with Gasteiger partial charge in [-0.2, -0.15) is 0 Å². The van der Waals surface area contributed by atoms with Crippen LogP contribution < -0.4 is 10.2 Å². The van der Waals surface area contributed by atoms with Crippen molar-refractivity contribution >= 4 is 40.6 Å². The van der Waals surface area contributed by atoms with Crippen LogP contribution in [-0.2, 0) is 16.1 Å². The van der Waals surface area contributed by atoms with Crippen LogP contribution in [0.4, 0.5) is 25.2 Å². The molecule has 2 aromatic carbocycles. The van der Waals surface area contributed by atoms with Crippen molar-refractivity contribution in [3.8, 4) is 0 Å². The number of carbonyl (C=O) groups excluding carboxylic acids is 2. The van der Waals surface area contributed by atoms with Crippen molar-refractivity contribution in [3.05, 3.63) is 53.6 Å². The van der Waals surface area contributed by atoms with E-state index in [1.165, 1.54) is 23.1 Å². The molecule has 2 heterocycles. The lowest BCUT2D eigenvalue weighted by Crippen LogP contribution is -2.37. The van der Waals surface area contributed by atoms with Gasteiger partial charge in [0.2, 0.25) is 5.95 Å². The standard InChI is InChI=1S/C23H22F2N4O5/c24-20(25)14-4-1-5-15(12-14)21(32)27-22-26-17-13-16(28-10-3-11-34-23(28)33)7-8-18(17)29(22)9-2-6-19(30)31/h1,4-5,7-8,12-13,20H,2-3,6,9-11H2,(H,30,31)(H,26,27,32). The first-order valence-electron chi connectivity index (χ1n) is 10.7. The van der Waals surface area contributed by atoms with Gasteiger partial charge in [-0.3, -0.25) is 19.8 Å². The first-order valence-corrected chi connectivity index (χ1v) is 10.7. The second kappa shape index (κ2) is 9.86. The summed E-state index contributed by atoms with van der Waals surface area (Å²) in [4.78, 5) is 41.8. The number of halogens is 2. The van der Waals surface area contributed by atoms with Gasteiger partial charge >= 0.3 is 12.1 Å². The molecule has 0 atom stereocenters. The molecule has 0 unspecified atom stereocenters. The van der Waals surface area contributed by atoms with Gasteiger partial charge in [0, 0.05) is 36.3 Å². The Kier molecular flexibility index (Phi) is 6.71. The molecule has 0 bridgehead atoms. The fourth-order valence-corrected chi connectivity index (χ4v) is 3.77. The molecule has 178 valence electrons. The molecule has 1 aliphatic rings. The summed E-state index contributed by atoms with van der Waals surface area (Å²) in [5, 5.41) is 11.6. The Labute approximate surface area is 192 Å². The lowest BCUT2D eigenvalue weighted by atomic mass is 10.1. The fraction of sp³-hybridized carbons (Fsp3) is 0.304. The Morgan fingerprint density at radius 1 is 1.21 bits per heavy atom. The van der Waals surface area contributed by atoms with Gasteiger partial charge in [0.1, 0.15) is 0 Å². The number of aliphatic carboxylic acids is 1. The number of carboxylic acids is 1. The third kappa shape index (κ3) is 4.98. The van der Waals surface area contributed by atoms with Crippen molar-refractivity contribution in [2.75, 3.05) is 23.4 Å². The van der Waals surface area contributed by atoms with Crippen LogP contribution in [0.1, 0.15) is 41.6 Å². The molecule has 34 heavy (non-hydrogen) atoms. The number of rotatable bonds is 8. The monoisotopic (exact) mass is 472 g/mol. The molecule has 1 fully saturated rings. The molecule has 0 radical (unpaired) electrons. The van der Waals surface area contributed by atoms with Gasteiger partial charge in [-0.1, -0.05) is 12.1 Å². The minimum absolute atomic E-state index is 0.0405. The molecule has 4 rings (SSSR count). The molecular weight excluding hydrogens is 450 g/mol. The third-order valence-electron chi connectivity index (χ3n) is 5.41. The van der Waals surface area contributed by atoms with E-state index in [0.29, 0.717) is 36.3 Å². The topological polar surface area (TPSA) is 114 Å². The van der Waals surface area contributed by atoms with Gasteiger partial charge in [0.05, 0.1) is 17.6 Å². The zero-order valence-corrected chi connectivity index (χ0v) is 18.0. The average molecular weight is 472 g/mol. The summed E-state index contributed by atoms with van der Waals surface area (Å²) >= 11 is 0. The minimum atomic E-state index is -2.71. The summed E-state index contributed by atoms with van der Waals surface area (Å²) in [5.74, 6) is -1.44. The largest absolute Gasteiger partial charge is 0.481 e. The van der Waals surface area contributed by atoms with Crippen LogP contribution in [0.25, 0.3) is 11.0 Å². The molecule has 1 aliphatic heterocycles. The number of nitrogens with one attached hydrogen (secondary N) is 1. The molecular formula is C23H22F2N4O5. The summed E-state index contributed by atoms with van der Waals surface area (Å²) in [7, 11) is 0. The van der Waals surface area contributed by atoms with Crippen LogP contribution in [-0.4, -0.2) is 45.8 Å². The zero-order chi connectivity index (χ0) is 24.2. The van der Waals surface area contributed by atoms with Gasteiger partial charge in [0.15, 0.2) is 0 Å². The van der Waals surface area contributed by atoms with Gasteiger partial charge < -0.3 is 14.4 Å². The van der Waals surface area contributed by atoms with E-state index in [1.807, 2.05) is 0 Å². The summed E-state index contributed by atoms with van der Waals surface area (Å²) < 4.78 is 32.8. The Balaban J connectivity index is 1.66. The van der Waals surface area contributed by atoms with E-state index in [-0.39, 0.29) is 36.5 Å². The maximum absolute atomic E-state index is 13.0. The van der Waals surface area contributed by atoms with Crippen molar-refractivity contribution in [3.63, 3.8) is 0 Å². The maximum Gasteiger partial charge on any atom is 0.414 e. The number of hydrogen-bond acceptors (Lipinski definition) is 5. The molecule has 1 aromatic heterocycles. The SMILES string of the molecule is O=C(O)CCCn1c(NC(=O)c2cccc(C(F)F)c2)nc2cc(N3CCCOC3=O)ccc21. The number of ether oxygens (including phenoxy) is 1. The molecule has 9 nitrogen and oxygen atoms in total. The molecule has 2 amide bonds. The maximum atomic E-state index is 13.0. The van der Waals surface area contributed by atoms with Crippen molar-refractivity contribution in [1.82, 2.24) is 9.55 Å². The molecule has 2 N–H and O–H groups in total. The van der Waals surface area contributed by atoms with Crippen LogP contribution >= 0.6 is 0 Å². The van der Waals surface area contributed by atoms with Crippen LogP contribution in [0.5, 0.6) is 0 Å². The molecule has 0 saturated carbocycles. The summed E-state index contributed by atoms with van der Waals surface area (Å²) in [6.45, 7) is 1.10. The van der Waals surface area contributed by atoms with Crippen LogP contribution in [0.3, 0.4) is 0 Å². The van der Waals surface area contributed by atoms with E-state index in [0.717, 1.165) is 6.07 Å². The molecule has 0 aliphatic carbocycles. The lowest BCUT2D eigenvalue weighted by Gasteiger charge is -2.26. The number of alkyl halides is 2. The van der Waals surface area contributed by atoms with Crippen molar-refractivity contribution < 1.29 is 33.0 Å². The number of hydrogen-bond donors (Lipinski definition) is 2. The summed E-state index contributed by atoms with van der Waals surface area (Å²) in [5.41, 5.74) is 1.44. The average Bonchev–Trinajstić information content (AvgIpc) is 3.15. The summed E-state index contributed by atoms with van der Waals surface area (Å²) in [6.07, 6.45) is -2.29. The Bertz CT molecular complexity index is 1240. The first kappa shape index (κ1) is 23.1.